The number of carboxylic acid groups (broad SMARTS) is 1. The second kappa shape index (κ2) is 8.37. The van der Waals surface area contributed by atoms with Crippen LogP contribution in [0, 0.1) is 0 Å². The van der Waals surface area contributed by atoms with Crippen LogP contribution in [0.15, 0.2) is 58.8 Å². The van der Waals surface area contributed by atoms with E-state index in [1.165, 1.54) is 6.21 Å². The van der Waals surface area contributed by atoms with E-state index in [0.717, 1.165) is 23.1 Å². The van der Waals surface area contributed by atoms with Crippen molar-refractivity contribution in [2.75, 3.05) is 12.9 Å². The molecule has 0 fully saturated rings. The summed E-state index contributed by atoms with van der Waals surface area (Å²) in [6.45, 7) is 0. The third-order valence-electron chi connectivity index (χ3n) is 3.55. The van der Waals surface area contributed by atoms with Crippen LogP contribution in [-0.2, 0) is 4.79 Å². The predicted octanol–water partition coefficient (Wildman–Crippen LogP) is 2.28. The smallest absolute Gasteiger partial charge is 0.357 e. The van der Waals surface area contributed by atoms with Crippen molar-refractivity contribution in [2.45, 2.75) is 5.03 Å². The quantitative estimate of drug-likeness (QED) is 0.368. The summed E-state index contributed by atoms with van der Waals surface area (Å²) in [6, 6.07) is 12.4. The van der Waals surface area contributed by atoms with E-state index < -0.39 is 5.97 Å². The number of amides is 1. The Labute approximate surface area is 158 Å². The van der Waals surface area contributed by atoms with Crippen molar-refractivity contribution < 1.29 is 19.4 Å². The van der Waals surface area contributed by atoms with E-state index in [2.05, 4.69) is 15.5 Å². The van der Waals surface area contributed by atoms with Gasteiger partial charge in [-0.2, -0.15) is 5.10 Å². The summed E-state index contributed by atoms with van der Waals surface area (Å²) >= 11 is 1.09. The summed E-state index contributed by atoms with van der Waals surface area (Å²) in [5.41, 5.74) is 3.65. The van der Waals surface area contributed by atoms with Gasteiger partial charge in [0, 0.05) is 6.20 Å². The highest BCUT2D eigenvalue weighted by atomic mass is 32.2. The maximum Gasteiger partial charge on any atom is 0.357 e. The zero-order valence-corrected chi connectivity index (χ0v) is 15.1. The maximum absolute atomic E-state index is 12.0. The van der Waals surface area contributed by atoms with Crippen LogP contribution in [0.25, 0.3) is 5.65 Å². The number of thioether (sulfide) groups is 1. The number of imidazole rings is 1. The van der Waals surface area contributed by atoms with Gasteiger partial charge in [-0.1, -0.05) is 17.8 Å². The van der Waals surface area contributed by atoms with Crippen LogP contribution in [0.5, 0.6) is 5.75 Å². The van der Waals surface area contributed by atoms with Crippen LogP contribution in [0.1, 0.15) is 16.1 Å². The number of aromatic carboxylic acids is 1. The molecule has 0 saturated heterocycles. The number of methoxy groups -OCH3 is 1. The fourth-order valence-electron chi connectivity index (χ4n) is 2.29. The summed E-state index contributed by atoms with van der Waals surface area (Å²) in [5, 5.41) is 13.6. The molecule has 1 amide bonds. The number of rotatable bonds is 7. The number of fused-ring (bicyclic) bond motifs is 1. The molecule has 0 bridgehead atoms. The van der Waals surface area contributed by atoms with Gasteiger partial charge in [-0.25, -0.2) is 15.2 Å². The van der Waals surface area contributed by atoms with Gasteiger partial charge in [0.2, 0.25) is 5.91 Å². The summed E-state index contributed by atoms with van der Waals surface area (Å²) in [5.74, 6) is -0.760. The molecule has 0 aliphatic heterocycles. The fraction of sp³-hybridized carbons (Fsp3) is 0.111. The number of carbonyl (C=O) groups is 2. The summed E-state index contributed by atoms with van der Waals surface area (Å²) < 4.78 is 6.71. The lowest BCUT2D eigenvalue weighted by Gasteiger charge is -2.03. The first-order valence-electron chi connectivity index (χ1n) is 7.87. The highest BCUT2D eigenvalue weighted by molar-refractivity contribution is 8.00. The molecule has 0 saturated carbocycles. The summed E-state index contributed by atoms with van der Waals surface area (Å²) in [4.78, 5) is 27.5. The van der Waals surface area contributed by atoms with Crippen LogP contribution in [0.4, 0.5) is 0 Å². The first kappa shape index (κ1) is 18.5. The molecule has 3 rings (SSSR count). The average molecular weight is 384 g/mol. The molecule has 9 heteroatoms. The van der Waals surface area contributed by atoms with Gasteiger partial charge < -0.3 is 9.84 Å². The van der Waals surface area contributed by atoms with Gasteiger partial charge in [0.05, 0.1) is 19.1 Å². The monoisotopic (exact) mass is 384 g/mol. The summed E-state index contributed by atoms with van der Waals surface area (Å²) in [7, 11) is 1.58. The number of nitrogens with zero attached hydrogens (tertiary/aromatic N) is 3. The highest BCUT2D eigenvalue weighted by Gasteiger charge is 2.19. The Kier molecular flexibility index (Phi) is 5.72. The number of hydrogen-bond acceptors (Lipinski definition) is 6. The number of carboxylic acids is 1. The third-order valence-corrected chi connectivity index (χ3v) is 4.62. The van der Waals surface area contributed by atoms with Crippen LogP contribution < -0.4 is 10.2 Å². The Morgan fingerprint density at radius 1 is 1.30 bits per heavy atom. The van der Waals surface area contributed by atoms with E-state index >= 15 is 0 Å². The largest absolute Gasteiger partial charge is 0.497 e. The molecular weight excluding hydrogens is 368 g/mol. The van der Waals surface area contributed by atoms with Crippen molar-refractivity contribution in [3.8, 4) is 5.75 Å². The zero-order valence-electron chi connectivity index (χ0n) is 14.3. The van der Waals surface area contributed by atoms with Crippen LogP contribution >= 0.6 is 11.8 Å². The van der Waals surface area contributed by atoms with Crippen LogP contribution in [0.2, 0.25) is 0 Å². The molecule has 8 nitrogen and oxygen atoms in total. The standard InChI is InChI=1S/C18H16N4O4S/c1-26-13-7-5-12(6-8-13)10-19-21-15(23)11-27-17-16(18(24)25)20-14-4-2-3-9-22(14)17/h2-10H,11H2,1H3,(H,21,23)(H,24,25)/b19-10+. The van der Waals surface area contributed by atoms with E-state index in [4.69, 9.17) is 4.74 Å². The van der Waals surface area contributed by atoms with Crippen molar-refractivity contribution in [3.05, 3.63) is 59.9 Å². The van der Waals surface area contributed by atoms with Gasteiger partial charge in [-0.15, -0.1) is 0 Å². The van der Waals surface area contributed by atoms with E-state index in [9.17, 15) is 14.7 Å². The SMILES string of the molecule is COc1ccc(/C=N/NC(=O)CSc2c(C(=O)O)nc3ccccn23)cc1. The predicted molar refractivity (Wildman–Crippen MR) is 102 cm³/mol. The van der Waals surface area contributed by atoms with Crippen molar-refractivity contribution in [1.29, 1.82) is 0 Å². The molecular formula is C18H16N4O4S. The number of hydrazone groups is 1. The van der Waals surface area contributed by atoms with Gasteiger partial charge >= 0.3 is 5.97 Å². The topological polar surface area (TPSA) is 105 Å². The molecule has 27 heavy (non-hydrogen) atoms. The van der Waals surface area contributed by atoms with Crippen molar-refractivity contribution >= 4 is 35.5 Å². The number of aromatic nitrogens is 2. The summed E-state index contributed by atoms with van der Waals surface area (Å²) in [6.07, 6.45) is 3.22. The minimum absolute atomic E-state index is 0.00290. The number of pyridine rings is 1. The van der Waals surface area contributed by atoms with Crippen molar-refractivity contribution in [1.82, 2.24) is 14.8 Å². The number of ether oxygens (including phenoxy) is 1. The molecule has 2 aromatic heterocycles. The molecule has 0 unspecified atom stereocenters. The van der Waals surface area contributed by atoms with Crippen molar-refractivity contribution in [2.24, 2.45) is 5.10 Å². The fourth-order valence-corrected chi connectivity index (χ4v) is 3.18. The molecule has 2 N–H and O–H groups in total. The molecule has 0 spiro atoms. The van der Waals surface area contributed by atoms with Gasteiger partial charge in [0.1, 0.15) is 16.4 Å². The van der Waals surface area contributed by atoms with E-state index in [-0.39, 0.29) is 17.4 Å². The second-order valence-electron chi connectivity index (χ2n) is 5.35. The van der Waals surface area contributed by atoms with E-state index in [1.54, 1.807) is 60.2 Å². The van der Waals surface area contributed by atoms with Crippen LogP contribution in [-0.4, -0.2) is 45.4 Å². The number of carbonyl (C=O) groups excluding carboxylic acids is 1. The lowest BCUT2D eigenvalue weighted by molar-refractivity contribution is -0.118. The normalized spacial score (nSPS) is 11.0. The molecule has 0 aliphatic carbocycles. The molecule has 138 valence electrons. The Bertz CT molecular complexity index is 998. The van der Waals surface area contributed by atoms with Gasteiger partial charge in [0.25, 0.3) is 0 Å². The molecule has 0 aliphatic rings. The number of benzene rings is 1. The van der Waals surface area contributed by atoms with Crippen LogP contribution in [0.3, 0.4) is 0 Å². The minimum Gasteiger partial charge on any atom is -0.497 e. The first-order chi connectivity index (χ1) is 13.1. The Morgan fingerprint density at radius 3 is 2.78 bits per heavy atom. The van der Waals surface area contributed by atoms with E-state index in [1.807, 2.05) is 0 Å². The van der Waals surface area contributed by atoms with Crippen molar-refractivity contribution in [3.63, 3.8) is 0 Å². The van der Waals surface area contributed by atoms with Gasteiger partial charge in [0.15, 0.2) is 5.69 Å². The zero-order chi connectivity index (χ0) is 19.2. The van der Waals surface area contributed by atoms with Gasteiger partial charge in [-0.3, -0.25) is 9.20 Å². The first-order valence-corrected chi connectivity index (χ1v) is 8.86. The molecule has 0 atom stereocenters. The number of nitrogens with one attached hydrogen (secondary N) is 1. The molecule has 2 heterocycles. The lowest BCUT2D eigenvalue weighted by Crippen LogP contribution is -2.20. The van der Waals surface area contributed by atoms with E-state index in [0.29, 0.717) is 10.7 Å². The third kappa shape index (κ3) is 4.45. The molecule has 3 aromatic rings. The van der Waals surface area contributed by atoms with Gasteiger partial charge in [-0.05, 0) is 42.0 Å². The highest BCUT2D eigenvalue weighted by Crippen LogP contribution is 2.24. The number of hydrogen-bond donors (Lipinski definition) is 2. The Balaban J connectivity index is 1.62. The lowest BCUT2D eigenvalue weighted by atomic mass is 10.2. The molecule has 0 radical (unpaired) electrons. The Hall–Kier alpha value is -3.33. The Morgan fingerprint density at radius 2 is 2.07 bits per heavy atom. The maximum atomic E-state index is 12.0. The minimum atomic E-state index is -1.14. The average Bonchev–Trinajstić information content (AvgIpc) is 3.06. The second-order valence-corrected chi connectivity index (χ2v) is 6.32. The molecule has 1 aromatic carbocycles.